The molecule has 0 aromatic heterocycles. The third-order valence-electron chi connectivity index (χ3n) is 2.46. The normalized spacial score (nSPS) is 37.4. The molecule has 0 unspecified atom stereocenters. The van der Waals surface area contributed by atoms with Crippen molar-refractivity contribution in [2.45, 2.75) is 12.8 Å². The highest BCUT2D eigenvalue weighted by molar-refractivity contribution is 5.85. The van der Waals surface area contributed by atoms with E-state index in [4.69, 9.17) is 0 Å². The van der Waals surface area contributed by atoms with Crippen molar-refractivity contribution >= 4 is 18.2 Å². The van der Waals surface area contributed by atoms with Crippen LogP contribution in [0.5, 0.6) is 0 Å². The summed E-state index contributed by atoms with van der Waals surface area (Å²) in [6.45, 7) is 2.16. The van der Waals surface area contributed by atoms with Gasteiger partial charge in [0.2, 0.25) is 0 Å². The number of rotatable bonds is 0. The Balaban J connectivity index is 0.000000500. The summed E-state index contributed by atoms with van der Waals surface area (Å²) in [5, 5.41) is 3.29. The van der Waals surface area contributed by atoms with Gasteiger partial charge in [-0.05, 0) is 24.9 Å². The van der Waals surface area contributed by atoms with Gasteiger partial charge in [0.1, 0.15) is 5.78 Å². The first kappa shape index (κ1) is 8.02. The number of ketones is 1. The van der Waals surface area contributed by atoms with E-state index in [1.54, 1.807) is 0 Å². The van der Waals surface area contributed by atoms with E-state index in [1.165, 1.54) is 0 Å². The number of halogens is 1. The Morgan fingerprint density at radius 3 is 2.20 bits per heavy atom. The van der Waals surface area contributed by atoms with Crippen LogP contribution in [0.25, 0.3) is 0 Å². The summed E-state index contributed by atoms with van der Waals surface area (Å²) in [5.74, 6) is 1.86. The summed E-state index contributed by atoms with van der Waals surface area (Å²) in [5.41, 5.74) is 0. The van der Waals surface area contributed by atoms with E-state index in [9.17, 15) is 4.79 Å². The molecule has 0 aromatic rings. The van der Waals surface area contributed by atoms with E-state index in [2.05, 4.69) is 5.32 Å². The van der Waals surface area contributed by atoms with Crippen molar-refractivity contribution in [2.75, 3.05) is 13.1 Å². The third-order valence-corrected chi connectivity index (χ3v) is 2.46. The van der Waals surface area contributed by atoms with Gasteiger partial charge < -0.3 is 5.32 Å². The molecule has 3 heteroatoms. The second kappa shape index (κ2) is 2.89. The fourth-order valence-electron chi connectivity index (χ4n) is 1.93. The number of carbonyl (C=O) groups is 1. The molecule has 10 heavy (non-hydrogen) atoms. The summed E-state index contributed by atoms with van der Waals surface area (Å²) < 4.78 is 0. The van der Waals surface area contributed by atoms with Crippen molar-refractivity contribution in [3.8, 4) is 0 Å². The minimum absolute atomic E-state index is 0. The Kier molecular flexibility index (Phi) is 2.32. The van der Waals surface area contributed by atoms with E-state index >= 15 is 0 Å². The molecule has 2 atom stereocenters. The van der Waals surface area contributed by atoms with Crippen molar-refractivity contribution < 1.29 is 4.79 Å². The molecule has 0 radical (unpaired) electrons. The Morgan fingerprint density at radius 2 is 1.70 bits per heavy atom. The SMILES string of the molecule is Cl.O=C1C[C@H]2CNC[C@H]2C1. The fraction of sp³-hybridized carbons (Fsp3) is 0.857. The number of carbonyl (C=O) groups excluding carboxylic acids is 1. The van der Waals surface area contributed by atoms with Crippen molar-refractivity contribution in [1.82, 2.24) is 5.32 Å². The van der Waals surface area contributed by atoms with Crippen molar-refractivity contribution in [1.29, 1.82) is 0 Å². The lowest BCUT2D eigenvalue weighted by atomic mass is 10.0. The summed E-state index contributed by atoms with van der Waals surface area (Å²) in [7, 11) is 0. The Hall–Kier alpha value is -0.0800. The first-order chi connectivity index (χ1) is 4.36. The second-order valence-electron chi connectivity index (χ2n) is 3.13. The van der Waals surface area contributed by atoms with E-state index in [1.807, 2.05) is 0 Å². The number of Topliss-reactive ketones (excluding diaryl/α,β-unsaturated/α-hetero) is 1. The molecule has 2 rings (SSSR count). The maximum atomic E-state index is 10.8. The van der Waals surface area contributed by atoms with Gasteiger partial charge in [-0.15, -0.1) is 12.4 Å². The average Bonchev–Trinajstić information content (AvgIpc) is 2.22. The van der Waals surface area contributed by atoms with E-state index in [-0.39, 0.29) is 12.4 Å². The van der Waals surface area contributed by atoms with Crippen LogP contribution in [0.3, 0.4) is 0 Å². The maximum absolute atomic E-state index is 10.8. The number of hydrogen-bond donors (Lipinski definition) is 1. The number of nitrogens with one attached hydrogen (secondary N) is 1. The summed E-state index contributed by atoms with van der Waals surface area (Å²) in [6.07, 6.45) is 1.69. The zero-order valence-electron chi connectivity index (χ0n) is 5.80. The molecule has 1 saturated heterocycles. The molecular formula is C7H12ClNO. The minimum Gasteiger partial charge on any atom is -0.316 e. The Labute approximate surface area is 66.8 Å². The van der Waals surface area contributed by atoms with Gasteiger partial charge in [-0.1, -0.05) is 0 Å². The van der Waals surface area contributed by atoms with Gasteiger partial charge in [0.25, 0.3) is 0 Å². The van der Waals surface area contributed by atoms with Crippen molar-refractivity contribution in [2.24, 2.45) is 11.8 Å². The fourth-order valence-corrected chi connectivity index (χ4v) is 1.93. The zero-order valence-corrected chi connectivity index (χ0v) is 6.62. The molecule has 0 aromatic carbocycles. The molecule has 2 aliphatic rings. The van der Waals surface area contributed by atoms with E-state index < -0.39 is 0 Å². The largest absolute Gasteiger partial charge is 0.316 e. The van der Waals surface area contributed by atoms with Crippen LogP contribution >= 0.6 is 12.4 Å². The molecule has 1 saturated carbocycles. The summed E-state index contributed by atoms with van der Waals surface area (Å²) in [6, 6.07) is 0. The van der Waals surface area contributed by atoms with Gasteiger partial charge in [-0.2, -0.15) is 0 Å². The molecule has 0 amide bonds. The van der Waals surface area contributed by atoms with Gasteiger partial charge in [-0.3, -0.25) is 4.79 Å². The minimum atomic E-state index is 0. The molecule has 0 spiro atoms. The average molecular weight is 162 g/mol. The molecule has 1 N–H and O–H groups in total. The molecular weight excluding hydrogens is 150 g/mol. The molecule has 1 heterocycles. The van der Waals surface area contributed by atoms with Crippen molar-refractivity contribution in [3.05, 3.63) is 0 Å². The lowest BCUT2D eigenvalue weighted by Gasteiger charge is -2.01. The van der Waals surface area contributed by atoms with Crippen molar-refractivity contribution in [3.63, 3.8) is 0 Å². The monoisotopic (exact) mass is 161 g/mol. The Bertz CT molecular complexity index is 135. The highest BCUT2D eigenvalue weighted by Crippen LogP contribution is 2.31. The smallest absolute Gasteiger partial charge is 0.133 e. The predicted molar refractivity (Wildman–Crippen MR) is 41.3 cm³/mol. The van der Waals surface area contributed by atoms with Gasteiger partial charge in [0, 0.05) is 12.8 Å². The lowest BCUT2D eigenvalue weighted by Crippen LogP contribution is -2.11. The molecule has 1 aliphatic heterocycles. The topological polar surface area (TPSA) is 29.1 Å². The lowest BCUT2D eigenvalue weighted by molar-refractivity contribution is -0.117. The van der Waals surface area contributed by atoms with Crippen LogP contribution in [0.2, 0.25) is 0 Å². The quantitative estimate of drug-likeness (QED) is 0.564. The van der Waals surface area contributed by atoms with Crippen LogP contribution in [0.15, 0.2) is 0 Å². The first-order valence-electron chi connectivity index (χ1n) is 3.58. The number of fused-ring (bicyclic) bond motifs is 1. The predicted octanol–water partition coefficient (Wildman–Crippen LogP) is 0.607. The van der Waals surface area contributed by atoms with Crippen LogP contribution in [-0.4, -0.2) is 18.9 Å². The van der Waals surface area contributed by atoms with Crippen LogP contribution in [0.4, 0.5) is 0 Å². The highest BCUT2D eigenvalue weighted by atomic mass is 35.5. The molecule has 2 nitrogen and oxygen atoms in total. The zero-order chi connectivity index (χ0) is 6.27. The summed E-state index contributed by atoms with van der Waals surface area (Å²) in [4.78, 5) is 10.8. The van der Waals surface area contributed by atoms with Crippen LogP contribution in [-0.2, 0) is 4.79 Å². The maximum Gasteiger partial charge on any atom is 0.133 e. The van der Waals surface area contributed by atoms with Crippen LogP contribution in [0.1, 0.15) is 12.8 Å². The van der Waals surface area contributed by atoms with Gasteiger partial charge in [0.15, 0.2) is 0 Å². The number of hydrogen-bond acceptors (Lipinski definition) is 2. The van der Waals surface area contributed by atoms with Crippen LogP contribution < -0.4 is 5.32 Å². The molecule has 1 aliphatic carbocycles. The molecule has 2 fully saturated rings. The second-order valence-corrected chi connectivity index (χ2v) is 3.13. The molecule has 0 bridgehead atoms. The van der Waals surface area contributed by atoms with Crippen LogP contribution in [0, 0.1) is 11.8 Å². The molecule has 58 valence electrons. The van der Waals surface area contributed by atoms with Gasteiger partial charge in [-0.25, -0.2) is 0 Å². The third kappa shape index (κ3) is 1.18. The van der Waals surface area contributed by atoms with E-state index in [0.717, 1.165) is 25.9 Å². The first-order valence-corrected chi connectivity index (χ1v) is 3.58. The standard InChI is InChI=1S/C7H11NO.ClH/c9-7-1-5-3-8-4-6(5)2-7;/h5-6,8H,1-4H2;1H/t5-,6+;. The van der Waals surface area contributed by atoms with Gasteiger partial charge >= 0.3 is 0 Å². The highest BCUT2D eigenvalue weighted by Gasteiger charge is 2.35. The van der Waals surface area contributed by atoms with E-state index in [0.29, 0.717) is 17.6 Å². The summed E-state index contributed by atoms with van der Waals surface area (Å²) >= 11 is 0. The Morgan fingerprint density at radius 1 is 1.20 bits per heavy atom. The van der Waals surface area contributed by atoms with Gasteiger partial charge in [0.05, 0.1) is 0 Å².